The summed E-state index contributed by atoms with van der Waals surface area (Å²) in [5, 5.41) is 18.5. The number of carboxylic acids is 1. The maximum Gasteiger partial charge on any atom is 0.339 e. The molecule has 0 aliphatic carbocycles. The summed E-state index contributed by atoms with van der Waals surface area (Å²) in [5.41, 5.74) is -0.151. The molecule has 0 spiro atoms. The smallest absolute Gasteiger partial charge is 0.339 e. The molecule has 0 radical (unpaired) electrons. The van der Waals surface area contributed by atoms with E-state index in [0.717, 1.165) is 32.1 Å². The van der Waals surface area contributed by atoms with Crippen molar-refractivity contribution in [1.29, 1.82) is 0 Å². The van der Waals surface area contributed by atoms with Crippen molar-refractivity contribution in [2.75, 3.05) is 12.4 Å². The molecule has 0 aromatic heterocycles. The van der Waals surface area contributed by atoms with Gasteiger partial charge in [-0.1, -0.05) is 43.9 Å². The Morgan fingerprint density at radius 2 is 1.54 bits per heavy atom. The van der Waals surface area contributed by atoms with Crippen LogP contribution in [0.5, 0.6) is 11.5 Å². The first-order valence-electron chi connectivity index (χ1n) is 9.37. The molecule has 2 rings (SSSR count). The molecule has 0 aliphatic rings. The van der Waals surface area contributed by atoms with Crippen LogP contribution in [0.15, 0.2) is 53.4 Å². The van der Waals surface area contributed by atoms with Crippen LogP contribution in [0.2, 0.25) is 0 Å². The molecule has 0 heterocycles. The first-order chi connectivity index (χ1) is 13.4. The van der Waals surface area contributed by atoms with Gasteiger partial charge in [0.25, 0.3) is 0 Å². The molecule has 0 atom stereocenters. The number of rotatable bonds is 12. The second kappa shape index (κ2) is 10.7. The highest BCUT2D eigenvalue weighted by atomic mass is 32.2. The minimum absolute atomic E-state index is 0.151. The molecule has 0 fully saturated rings. The average molecular weight is 406 g/mol. The van der Waals surface area contributed by atoms with E-state index >= 15 is 0 Å². The number of ether oxygens (including phenoxy) is 1. The Bertz CT molecular complexity index is 862. The van der Waals surface area contributed by atoms with Gasteiger partial charge in [-0.3, -0.25) is 0 Å². The predicted octanol–water partition coefficient (Wildman–Crippen LogP) is 4.28. The Morgan fingerprint density at radius 1 is 0.893 bits per heavy atom. The number of hydrogen-bond donors (Lipinski definition) is 2. The van der Waals surface area contributed by atoms with Crippen LogP contribution in [0.1, 0.15) is 48.9 Å². The van der Waals surface area contributed by atoms with Gasteiger partial charge in [0.15, 0.2) is 9.84 Å². The molecule has 2 N–H and O–H groups in total. The highest BCUT2D eigenvalue weighted by Gasteiger charge is 2.13. The third-order valence-corrected chi connectivity index (χ3v) is 6.19. The molecule has 6 nitrogen and oxygen atoms in total. The second-order valence-corrected chi connectivity index (χ2v) is 8.69. The predicted molar refractivity (Wildman–Crippen MR) is 107 cm³/mol. The summed E-state index contributed by atoms with van der Waals surface area (Å²) in [6.45, 7) is 0.480. The summed E-state index contributed by atoms with van der Waals surface area (Å²) in [6, 6.07) is 12.7. The van der Waals surface area contributed by atoms with E-state index < -0.39 is 15.8 Å². The van der Waals surface area contributed by atoms with Crippen LogP contribution < -0.4 is 4.74 Å². The van der Waals surface area contributed by atoms with Crippen molar-refractivity contribution >= 4 is 15.8 Å². The zero-order chi connectivity index (χ0) is 20.4. The summed E-state index contributed by atoms with van der Waals surface area (Å²) in [6.07, 6.45) is 5.30. The number of carbonyl (C=O) groups is 1. The molecule has 0 saturated heterocycles. The minimum atomic E-state index is -3.18. The van der Waals surface area contributed by atoms with Crippen molar-refractivity contribution in [1.82, 2.24) is 0 Å². The van der Waals surface area contributed by atoms with Gasteiger partial charge in [-0.25, -0.2) is 13.2 Å². The standard InChI is InChI=1S/C21H26O6S/c22-20-16-17(12-13-19(20)21(23)24)27-14-8-3-1-2-4-9-15-28(25,26)18-10-6-5-7-11-18/h5-7,10-13,16,22H,1-4,8-9,14-15H2,(H,23,24). The lowest BCUT2D eigenvalue weighted by molar-refractivity contribution is 0.0693. The van der Waals surface area contributed by atoms with Crippen LogP contribution in [0.25, 0.3) is 0 Å². The Kier molecular flexibility index (Phi) is 8.32. The van der Waals surface area contributed by atoms with Crippen molar-refractivity contribution in [2.24, 2.45) is 0 Å². The molecule has 2 aromatic rings. The van der Waals surface area contributed by atoms with Crippen LogP contribution in [0.4, 0.5) is 0 Å². The fraction of sp³-hybridized carbons (Fsp3) is 0.381. The molecule has 152 valence electrons. The van der Waals surface area contributed by atoms with Gasteiger partial charge in [0, 0.05) is 6.07 Å². The molecule has 0 bridgehead atoms. The molecule has 0 saturated carbocycles. The minimum Gasteiger partial charge on any atom is -0.507 e. The Hall–Kier alpha value is -2.54. The van der Waals surface area contributed by atoms with Gasteiger partial charge in [0.05, 0.1) is 17.3 Å². The van der Waals surface area contributed by atoms with E-state index in [1.54, 1.807) is 30.3 Å². The average Bonchev–Trinajstić information content (AvgIpc) is 2.67. The van der Waals surface area contributed by atoms with Crippen molar-refractivity contribution in [2.45, 2.75) is 43.4 Å². The van der Waals surface area contributed by atoms with E-state index in [-0.39, 0.29) is 17.1 Å². The van der Waals surface area contributed by atoms with E-state index in [2.05, 4.69) is 0 Å². The highest BCUT2D eigenvalue weighted by Crippen LogP contribution is 2.23. The molecular formula is C21H26O6S. The summed E-state index contributed by atoms with van der Waals surface area (Å²) in [7, 11) is -3.18. The number of sulfone groups is 1. The zero-order valence-electron chi connectivity index (χ0n) is 15.7. The van der Waals surface area contributed by atoms with Crippen LogP contribution in [-0.4, -0.2) is 37.0 Å². The molecule has 2 aromatic carbocycles. The lowest BCUT2D eigenvalue weighted by atomic mass is 10.1. The van der Waals surface area contributed by atoms with E-state index in [1.165, 1.54) is 18.2 Å². The summed E-state index contributed by atoms with van der Waals surface area (Å²) >= 11 is 0. The third-order valence-electron chi connectivity index (χ3n) is 4.38. The van der Waals surface area contributed by atoms with Crippen molar-refractivity contribution in [3.05, 3.63) is 54.1 Å². The quantitative estimate of drug-likeness (QED) is 0.510. The van der Waals surface area contributed by atoms with Crippen LogP contribution in [0.3, 0.4) is 0 Å². The molecule has 0 aliphatic heterocycles. The van der Waals surface area contributed by atoms with E-state index in [0.29, 0.717) is 23.7 Å². The molecular weight excluding hydrogens is 380 g/mol. The fourth-order valence-corrected chi connectivity index (χ4v) is 4.21. The maximum absolute atomic E-state index is 12.2. The Balaban J connectivity index is 1.55. The monoisotopic (exact) mass is 406 g/mol. The molecule has 0 unspecified atom stereocenters. The largest absolute Gasteiger partial charge is 0.507 e. The van der Waals surface area contributed by atoms with Gasteiger partial charge in [0.2, 0.25) is 0 Å². The van der Waals surface area contributed by atoms with Crippen LogP contribution in [-0.2, 0) is 9.84 Å². The number of unbranched alkanes of at least 4 members (excludes halogenated alkanes) is 5. The number of benzene rings is 2. The van der Waals surface area contributed by atoms with Crippen LogP contribution in [0, 0.1) is 0 Å². The lowest BCUT2D eigenvalue weighted by Gasteiger charge is -2.08. The topological polar surface area (TPSA) is 101 Å². The Morgan fingerprint density at radius 3 is 2.18 bits per heavy atom. The first-order valence-corrected chi connectivity index (χ1v) is 11.0. The van der Waals surface area contributed by atoms with Gasteiger partial charge in [-0.05, 0) is 37.1 Å². The zero-order valence-corrected chi connectivity index (χ0v) is 16.5. The van der Waals surface area contributed by atoms with Crippen molar-refractivity contribution in [3.8, 4) is 11.5 Å². The summed E-state index contributed by atoms with van der Waals surface area (Å²) in [5.74, 6) is -0.875. The second-order valence-electron chi connectivity index (χ2n) is 6.59. The van der Waals surface area contributed by atoms with E-state index in [4.69, 9.17) is 9.84 Å². The first kappa shape index (κ1) is 21.8. The summed E-state index contributed by atoms with van der Waals surface area (Å²) in [4.78, 5) is 11.2. The fourth-order valence-electron chi connectivity index (χ4n) is 2.82. The number of aromatic hydroxyl groups is 1. The van der Waals surface area contributed by atoms with Gasteiger partial charge < -0.3 is 14.9 Å². The van der Waals surface area contributed by atoms with Crippen LogP contribution >= 0.6 is 0 Å². The van der Waals surface area contributed by atoms with Crippen molar-refractivity contribution in [3.63, 3.8) is 0 Å². The van der Waals surface area contributed by atoms with E-state index in [9.17, 15) is 18.3 Å². The number of aromatic carboxylic acids is 1. The van der Waals surface area contributed by atoms with Crippen molar-refractivity contribution < 1.29 is 28.2 Å². The van der Waals surface area contributed by atoms with Gasteiger partial charge in [0.1, 0.15) is 17.1 Å². The van der Waals surface area contributed by atoms with E-state index in [1.807, 2.05) is 0 Å². The number of phenols is 1. The number of carboxylic acid groups (broad SMARTS) is 1. The molecule has 0 amide bonds. The third kappa shape index (κ3) is 6.88. The SMILES string of the molecule is O=C(O)c1ccc(OCCCCCCCCS(=O)(=O)c2ccccc2)cc1O. The lowest BCUT2D eigenvalue weighted by Crippen LogP contribution is -2.06. The van der Waals surface area contributed by atoms with Gasteiger partial charge in [-0.2, -0.15) is 0 Å². The highest BCUT2D eigenvalue weighted by molar-refractivity contribution is 7.91. The number of hydrogen-bond acceptors (Lipinski definition) is 5. The van der Waals surface area contributed by atoms with Gasteiger partial charge in [-0.15, -0.1) is 0 Å². The van der Waals surface area contributed by atoms with Gasteiger partial charge >= 0.3 is 5.97 Å². The molecule has 28 heavy (non-hydrogen) atoms. The molecule has 7 heteroatoms. The summed E-state index contributed by atoms with van der Waals surface area (Å²) < 4.78 is 29.8. The maximum atomic E-state index is 12.2. The Labute approximate surface area is 165 Å². The normalized spacial score (nSPS) is 11.3.